The largest absolute Gasteiger partial charge is 0.109 e. The van der Waals surface area contributed by atoms with Crippen molar-refractivity contribution in [3.63, 3.8) is 0 Å². The van der Waals surface area contributed by atoms with Crippen molar-refractivity contribution in [2.24, 2.45) is 0 Å². The normalized spacial score (nSPS) is 6.88. The van der Waals surface area contributed by atoms with E-state index in [1.54, 1.807) is 0 Å². The van der Waals surface area contributed by atoms with E-state index in [2.05, 4.69) is 13.5 Å². The first-order chi connectivity index (χ1) is 3.83. The lowest BCUT2D eigenvalue weighted by Gasteiger charge is -1.72. The average molecular weight is 155 g/mol. The van der Waals surface area contributed by atoms with Crippen LogP contribution in [0.5, 0.6) is 0 Å². The molecule has 50 valence electrons. The minimum Gasteiger partial charge on any atom is -0.109 e. The van der Waals surface area contributed by atoms with Gasteiger partial charge in [0.1, 0.15) is 0 Å². The number of allylic oxidation sites excluding steroid dienone is 1. The lowest BCUT2D eigenvalue weighted by molar-refractivity contribution is 0.961. The van der Waals surface area contributed by atoms with E-state index in [9.17, 15) is 0 Å². The molecule has 0 fully saturated rings. The van der Waals surface area contributed by atoms with Gasteiger partial charge in [0.2, 0.25) is 0 Å². The Morgan fingerprint density at radius 3 is 1.88 bits per heavy atom. The zero-order chi connectivity index (χ0) is 6.83. The molecule has 0 saturated heterocycles. The molecule has 0 radical (unpaired) electrons. The third kappa shape index (κ3) is 33.2. The summed E-state index contributed by atoms with van der Waals surface area (Å²) in [6, 6.07) is 0. The van der Waals surface area contributed by atoms with E-state index in [1.165, 1.54) is 6.42 Å². The number of hydrogen-bond donors (Lipinski definition) is 0. The van der Waals surface area contributed by atoms with Gasteiger partial charge in [-0.2, -0.15) is 0 Å². The van der Waals surface area contributed by atoms with Gasteiger partial charge in [-0.05, 0) is 6.42 Å². The van der Waals surface area contributed by atoms with Gasteiger partial charge in [0.05, 0.1) is 5.34 Å². The van der Waals surface area contributed by atoms with Crippen LogP contribution >= 0.6 is 23.2 Å². The predicted octanol–water partition coefficient (Wildman–Crippen LogP) is 3.39. The standard InChI is InChI=1S/C5H10.CH2Cl2/c1-3-5-4-2;2-1-3/h3H,1,4-5H2,2H3;1H2. The van der Waals surface area contributed by atoms with Gasteiger partial charge in [0, 0.05) is 0 Å². The van der Waals surface area contributed by atoms with Gasteiger partial charge in [0.15, 0.2) is 0 Å². The van der Waals surface area contributed by atoms with Crippen molar-refractivity contribution in [1.29, 1.82) is 0 Å². The molecule has 0 aliphatic heterocycles. The van der Waals surface area contributed by atoms with Crippen molar-refractivity contribution in [2.75, 3.05) is 5.34 Å². The highest BCUT2D eigenvalue weighted by atomic mass is 35.5. The highest BCUT2D eigenvalue weighted by Gasteiger charge is 1.61. The molecule has 0 heterocycles. The maximum absolute atomic E-state index is 4.76. The zero-order valence-corrected chi connectivity index (χ0v) is 6.67. The molecule has 0 aromatic heterocycles. The van der Waals surface area contributed by atoms with Crippen LogP contribution in [0.3, 0.4) is 0 Å². The maximum atomic E-state index is 4.76. The maximum Gasteiger partial charge on any atom is 0.0967 e. The zero-order valence-electron chi connectivity index (χ0n) is 5.16. The van der Waals surface area contributed by atoms with Crippen LogP contribution in [0.4, 0.5) is 0 Å². The first-order valence-corrected chi connectivity index (χ1v) is 3.63. The predicted molar refractivity (Wildman–Crippen MR) is 41.7 cm³/mol. The van der Waals surface area contributed by atoms with Gasteiger partial charge < -0.3 is 0 Å². The molecule has 0 aromatic carbocycles. The monoisotopic (exact) mass is 154 g/mol. The van der Waals surface area contributed by atoms with Crippen LogP contribution in [0.1, 0.15) is 19.8 Å². The SMILES string of the molecule is C=CCCC.ClCCl. The molecule has 0 bridgehead atoms. The van der Waals surface area contributed by atoms with Gasteiger partial charge in [-0.15, -0.1) is 29.8 Å². The third-order valence-corrected chi connectivity index (χ3v) is 0.493. The van der Waals surface area contributed by atoms with Crippen molar-refractivity contribution in [2.45, 2.75) is 19.8 Å². The van der Waals surface area contributed by atoms with Crippen molar-refractivity contribution in [3.05, 3.63) is 12.7 Å². The van der Waals surface area contributed by atoms with Crippen LogP contribution in [0.2, 0.25) is 0 Å². The van der Waals surface area contributed by atoms with E-state index in [1.807, 2.05) is 6.08 Å². The Kier molecular flexibility index (Phi) is 21.9. The first-order valence-electron chi connectivity index (χ1n) is 2.56. The summed E-state index contributed by atoms with van der Waals surface area (Å²) < 4.78 is 0. The van der Waals surface area contributed by atoms with Crippen molar-refractivity contribution < 1.29 is 0 Å². The fraction of sp³-hybridized carbons (Fsp3) is 0.667. The lowest BCUT2D eigenvalue weighted by Crippen LogP contribution is -1.52. The number of unbranched alkanes of at least 4 members (excludes halogenated alkanes) is 1. The first kappa shape index (κ1) is 11.2. The van der Waals surface area contributed by atoms with Gasteiger partial charge in [-0.3, -0.25) is 0 Å². The second kappa shape index (κ2) is 15.7. The molecule has 0 unspecified atom stereocenters. The summed E-state index contributed by atoms with van der Waals surface area (Å²) in [4.78, 5) is 0. The molecule has 0 atom stereocenters. The summed E-state index contributed by atoms with van der Waals surface area (Å²) in [6.07, 6.45) is 4.31. The van der Waals surface area contributed by atoms with E-state index in [0.717, 1.165) is 6.42 Å². The molecule has 0 amide bonds. The minimum absolute atomic E-state index is 0.194. The van der Waals surface area contributed by atoms with E-state index in [4.69, 9.17) is 23.2 Å². The van der Waals surface area contributed by atoms with Gasteiger partial charge >= 0.3 is 0 Å². The Morgan fingerprint density at radius 2 is 1.88 bits per heavy atom. The summed E-state index contributed by atoms with van der Waals surface area (Å²) in [5.41, 5.74) is 0. The molecular formula is C6H12Cl2. The smallest absolute Gasteiger partial charge is 0.0967 e. The highest BCUT2D eigenvalue weighted by molar-refractivity contribution is 6.40. The van der Waals surface area contributed by atoms with Crippen LogP contribution in [0.25, 0.3) is 0 Å². The molecule has 0 nitrogen and oxygen atoms in total. The molecular weight excluding hydrogens is 143 g/mol. The number of rotatable bonds is 2. The van der Waals surface area contributed by atoms with Crippen LogP contribution in [0, 0.1) is 0 Å². The van der Waals surface area contributed by atoms with Crippen LogP contribution in [-0.4, -0.2) is 5.34 Å². The molecule has 8 heavy (non-hydrogen) atoms. The second-order valence-corrected chi connectivity index (χ2v) is 1.99. The number of hydrogen-bond acceptors (Lipinski definition) is 0. The highest BCUT2D eigenvalue weighted by Crippen LogP contribution is 1.82. The molecule has 0 aromatic rings. The summed E-state index contributed by atoms with van der Waals surface area (Å²) in [5, 5.41) is 0.194. The Balaban J connectivity index is 0. The van der Waals surface area contributed by atoms with E-state index < -0.39 is 0 Å². The molecule has 0 spiro atoms. The number of halogens is 2. The van der Waals surface area contributed by atoms with Gasteiger partial charge in [-0.25, -0.2) is 0 Å². The molecule has 0 rings (SSSR count). The quantitative estimate of drug-likeness (QED) is 0.423. The minimum atomic E-state index is 0.194. The lowest BCUT2D eigenvalue weighted by atomic mass is 10.3. The molecule has 0 N–H and O–H groups in total. The fourth-order valence-electron chi connectivity index (χ4n) is 0.204. The Bertz CT molecular complexity index is 35.5. The summed E-state index contributed by atoms with van der Waals surface area (Å²) in [6.45, 7) is 5.69. The molecule has 0 saturated carbocycles. The van der Waals surface area contributed by atoms with Crippen LogP contribution in [-0.2, 0) is 0 Å². The molecule has 0 aliphatic carbocycles. The van der Waals surface area contributed by atoms with Crippen molar-refractivity contribution in [3.8, 4) is 0 Å². The van der Waals surface area contributed by atoms with E-state index >= 15 is 0 Å². The Hall–Kier alpha value is 0.320. The van der Waals surface area contributed by atoms with E-state index in [-0.39, 0.29) is 5.34 Å². The van der Waals surface area contributed by atoms with Crippen LogP contribution < -0.4 is 0 Å². The fourth-order valence-corrected chi connectivity index (χ4v) is 0.204. The molecule has 2 heteroatoms. The Labute approximate surface area is 61.5 Å². The number of alkyl halides is 2. The summed E-state index contributed by atoms with van der Waals surface area (Å²) >= 11 is 9.53. The summed E-state index contributed by atoms with van der Waals surface area (Å²) in [5.74, 6) is 0. The van der Waals surface area contributed by atoms with Crippen molar-refractivity contribution in [1.82, 2.24) is 0 Å². The third-order valence-electron chi connectivity index (χ3n) is 0.493. The summed E-state index contributed by atoms with van der Waals surface area (Å²) in [7, 11) is 0. The van der Waals surface area contributed by atoms with Gasteiger partial charge in [-0.1, -0.05) is 19.4 Å². The molecule has 0 aliphatic rings. The van der Waals surface area contributed by atoms with Gasteiger partial charge in [0.25, 0.3) is 0 Å². The second-order valence-electron chi connectivity index (χ2n) is 1.18. The topological polar surface area (TPSA) is 0 Å². The van der Waals surface area contributed by atoms with Crippen LogP contribution in [0.15, 0.2) is 12.7 Å². The Morgan fingerprint density at radius 1 is 1.50 bits per heavy atom. The average Bonchev–Trinajstić information content (AvgIpc) is 1.71. The van der Waals surface area contributed by atoms with Crippen molar-refractivity contribution >= 4 is 23.2 Å². The van der Waals surface area contributed by atoms with E-state index in [0.29, 0.717) is 0 Å².